The first kappa shape index (κ1) is 39.9. The Morgan fingerprint density at radius 2 is 1.55 bits per heavy atom. The molecule has 286 valence electrons. The summed E-state index contributed by atoms with van der Waals surface area (Å²) in [5.74, 6) is 0.314. The van der Waals surface area contributed by atoms with Crippen LogP contribution >= 0.6 is 23.2 Å². The van der Waals surface area contributed by atoms with Crippen molar-refractivity contribution in [1.82, 2.24) is 19.7 Å². The molecule has 3 fully saturated rings. The maximum Gasteiger partial charge on any atom is 0.314 e. The summed E-state index contributed by atoms with van der Waals surface area (Å²) in [5.41, 5.74) is 5.91. The highest BCUT2D eigenvalue weighted by Gasteiger charge is 2.45. The molecule has 1 aromatic heterocycles. The second-order valence-corrected chi connectivity index (χ2v) is 14.3. The van der Waals surface area contributed by atoms with Crippen LogP contribution in [0, 0.1) is 0 Å². The molecule has 3 amide bonds. The van der Waals surface area contributed by atoms with Gasteiger partial charge in [-0.25, -0.2) is 4.79 Å². The third-order valence-corrected chi connectivity index (χ3v) is 11.4. The van der Waals surface area contributed by atoms with Crippen LogP contribution in [-0.4, -0.2) is 123 Å². The van der Waals surface area contributed by atoms with Gasteiger partial charge in [-0.05, 0) is 86.8 Å². The molecule has 6 rings (SSSR count). The Hall–Kier alpha value is -4.30. The summed E-state index contributed by atoms with van der Waals surface area (Å²) in [5, 5.41) is 11.2. The second kappa shape index (κ2) is 17.7. The molecule has 0 radical (unpaired) electrons. The van der Waals surface area contributed by atoms with Crippen LogP contribution < -0.4 is 19.9 Å². The first-order chi connectivity index (χ1) is 25.5. The molecule has 0 unspecified atom stereocenters. The van der Waals surface area contributed by atoms with Crippen LogP contribution in [-0.2, 0) is 20.4 Å². The minimum atomic E-state index is -0.941. The van der Waals surface area contributed by atoms with Crippen molar-refractivity contribution in [2.24, 2.45) is 5.73 Å². The Labute approximate surface area is 319 Å². The number of morpholine rings is 1. The van der Waals surface area contributed by atoms with Gasteiger partial charge in [0, 0.05) is 49.6 Å². The van der Waals surface area contributed by atoms with Crippen molar-refractivity contribution < 1.29 is 38.4 Å². The van der Waals surface area contributed by atoms with Gasteiger partial charge in [0.15, 0.2) is 11.5 Å². The van der Waals surface area contributed by atoms with Gasteiger partial charge in [0.05, 0.1) is 50.0 Å². The number of halogens is 2. The molecule has 3 N–H and O–H groups in total. The number of hydrogen-bond acceptors (Lipinski definition) is 9. The topological polar surface area (TPSA) is 157 Å². The molecule has 0 bridgehead atoms. The lowest BCUT2D eigenvalue weighted by Crippen LogP contribution is -2.48. The van der Waals surface area contributed by atoms with E-state index in [9.17, 15) is 19.5 Å². The van der Waals surface area contributed by atoms with Gasteiger partial charge in [0.2, 0.25) is 5.75 Å². The summed E-state index contributed by atoms with van der Waals surface area (Å²) < 4.78 is 21.4. The van der Waals surface area contributed by atoms with Gasteiger partial charge in [-0.3, -0.25) is 14.6 Å². The predicted octanol–water partition coefficient (Wildman–Crippen LogP) is 5.10. The zero-order chi connectivity index (χ0) is 38.2. The molecule has 2 aromatic carbocycles. The first-order valence-corrected chi connectivity index (χ1v) is 18.3. The van der Waals surface area contributed by atoms with Crippen LogP contribution in [0.15, 0.2) is 54.9 Å². The quantitative estimate of drug-likeness (QED) is 0.284. The maximum absolute atomic E-state index is 13.9. The van der Waals surface area contributed by atoms with Crippen LogP contribution in [0.4, 0.5) is 4.79 Å². The van der Waals surface area contributed by atoms with E-state index in [1.165, 1.54) is 21.3 Å². The number of carboxylic acids is 1. The number of amides is 3. The van der Waals surface area contributed by atoms with Gasteiger partial charge in [0.1, 0.15) is 0 Å². The van der Waals surface area contributed by atoms with E-state index >= 15 is 0 Å². The number of ether oxygens (including phenoxy) is 4. The van der Waals surface area contributed by atoms with Crippen molar-refractivity contribution in [3.63, 3.8) is 0 Å². The summed E-state index contributed by atoms with van der Waals surface area (Å²) in [6.07, 6.45) is 5.83. The van der Waals surface area contributed by atoms with Gasteiger partial charge >= 0.3 is 12.0 Å². The number of aliphatic carboxylic acids is 1. The molecule has 3 saturated heterocycles. The molecular formula is C38H47Cl2N5O8. The summed E-state index contributed by atoms with van der Waals surface area (Å²) >= 11 is 12.8. The van der Waals surface area contributed by atoms with Crippen LogP contribution in [0.25, 0.3) is 0 Å². The Balaban J connectivity index is 0.000000526. The highest BCUT2D eigenvalue weighted by Crippen LogP contribution is 2.43. The van der Waals surface area contributed by atoms with E-state index in [2.05, 4.69) is 9.88 Å². The van der Waals surface area contributed by atoms with Gasteiger partial charge in [-0.2, -0.15) is 0 Å². The SMILES string of the molecule is COc1cc(C(=O)N2CC[C@](CCN3CCC(C(=O)O)(c4cccnc4)CC3)(c3ccc(Cl)c(Cl)c3)C2)cc(OC)c1OC.NC(=O)N1CCOCC1. The van der Waals surface area contributed by atoms with Crippen molar-refractivity contribution in [3.05, 3.63) is 81.6 Å². The van der Waals surface area contributed by atoms with Crippen molar-refractivity contribution >= 4 is 41.1 Å². The van der Waals surface area contributed by atoms with Gasteiger partial charge in [-0.15, -0.1) is 0 Å². The van der Waals surface area contributed by atoms with E-state index in [0.717, 1.165) is 30.5 Å². The fourth-order valence-electron chi connectivity index (χ4n) is 7.43. The van der Waals surface area contributed by atoms with Gasteiger partial charge in [-0.1, -0.05) is 35.3 Å². The smallest absolute Gasteiger partial charge is 0.314 e. The van der Waals surface area contributed by atoms with E-state index in [4.69, 9.17) is 47.9 Å². The maximum atomic E-state index is 13.9. The number of carboxylic acid groups (broad SMARTS) is 1. The fraction of sp³-hybridized carbons (Fsp3) is 0.474. The number of likely N-dealkylation sites (tertiary alicyclic amines) is 2. The molecule has 0 spiro atoms. The Bertz CT molecular complexity index is 1730. The molecule has 1 atom stereocenters. The predicted molar refractivity (Wildman–Crippen MR) is 201 cm³/mol. The summed E-state index contributed by atoms with van der Waals surface area (Å²) in [6, 6.07) is 12.4. The minimum Gasteiger partial charge on any atom is -0.493 e. The lowest BCUT2D eigenvalue weighted by Gasteiger charge is -2.40. The monoisotopic (exact) mass is 771 g/mol. The molecule has 15 heteroatoms. The number of primary amides is 1. The highest BCUT2D eigenvalue weighted by atomic mass is 35.5. The average Bonchev–Trinajstić information content (AvgIpc) is 3.63. The van der Waals surface area contributed by atoms with E-state index in [1.54, 1.807) is 41.6 Å². The average molecular weight is 773 g/mol. The zero-order valence-corrected chi connectivity index (χ0v) is 31.8. The summed E-state index contributed by atoms with van der Waals surface area (Å²) in [7, 11) is 4.57. The molecule has 53 heavy (non-hydrogen) atoms. The number of methoxy groups -OCH3 is 3. The van der Waals surface area contributed by atoms with Crippen LogP contribution in [0.1, 0.15) is 47.2 Å². The number of rotatable bonds is 10. The standard InChI is InChI=1S/C33H37Cl2N3O6.C5H10N2O2/c1-42-27-17-22(18-28(43-2)29(27)44-3)30(39)38-16-9-32(21-38,23-6-7-25(34)26(35)19-23)8-13-37-14-10-33(11-15-37,31(40)41)24-5-4-12-36-20-24;6-5(8)7-1-3-9-4-2-7/h4-7,12,17-20H,8-11,13-16,21H2,1-3H3,(H,40,41);1-4H2,(H2,6,8)/t32-;/m0./s1. The molecule has 13 nitrogen and oxygen atoms in total. The van der Waals surface area contributed by atoms with Crippen molar-refractivity contribution in [2.75, 3.05) is 80.4 Å². The van der Waals surface area contributed by atoms with Crippen LogP contribution in [0.3, 0.4) is 0 Å². The molecule has 3 aliphatic heterocycles. The highest BCUT2D eigenvalue weighted by molar-refractivity contribution is 6.42. The lowest BCUT2D eigenvalue weighted by molar-refractivity contribution is -0.146. The number of hydrogen-bond donors (Lipinski definition) is 2. The number of nitrogens with zero attached hydrogens (tertiary/aromatic N) is 4. The van der Waals surface area contributed by atoms with E-state index < -0.39 is 11.4 Å². The largest absolute Gasteiger partial charge is 0.493 e. The molecule has 4 heterocycles. The fourth-order valence-corrected chi connectivity index (χ4v) is 7.73. The summed E-state index contributed by atoms with van der Waals surface area (Å²) in [4.78, 5) is 46.7. The van der Waals surface area contributed by atoms with E-state index in [-0.39, 0.29) is 17.4 Å². The number of pyridine rings is 1. The minimum absolute atomic E-state index is 0.133. The number of piperidine rings is 1. The Morgan fingerprint density at radius 1 is 0.868 bits per heavy atom. The van der Waals surface area contributed by atoms with Gasteiger partial charge in [0.25, 0.3) is 5.91 Å². The van der Waals surface area contributed by atoms with E-state index in [1.807, 2.05) is 23.1 Å². The van der Waals surface area contributed by atoms with Crippen LogP contribution in [0.2, 0.25) is 10.0 Å². The number of aromatic nitrogens is 1. The zero-order valence-electron chi connectivity index (χ0n) is 30.3. The third-order valence-electron chi connectivity index (χ3n) is 10.6. The normalized spacial score (nSPS) is 19.9. The molecule has 3 aromatic rings. The van der Waals surface area contributed by atoms with Crippen molar-refractivity contribution in [3.8, 4) is 17.2 Å². The second-order valence-electron chi connectivity index (χ2n) is 13.5. The molecule has 0 saturated carbocycles. The van der Waals surface area contributed by atoms with Crippen LogP contribution in [0.5, 0.6) is 17.2 Å². The molecule has 3 aliphatic rings. The van der Waals surface area contributed by atoms with E-state index in [0.29, 0.717) is 98.2 Å². The lowest BCUT2D eigenvalue weighted by atomic mass is 9.73. The van der Waals surface area contributed by atoms with Gasteiger partial charge < -0.3 is 44.5 Å². The number of urea groups is 1. The number of benzene rings is 2. The number of nitrogens with two attached hydrogens (primary N) is 1. The Morgan fingerprint density at radius 3 is 2.08 bits per heavy atom. The number of carbonyl (C=O) groups excluding carboxylic acids is 2. The van der Waals surface area contributed by atoms with Crippen molar-refractivity contribution in [2.45, 2.75) is 36.5 Å². The molecule has 0 aliphatic carbocycles. The first-order valence-electron chi connectivity index (χ1n) is 17.5. The molecular weight excluding hydrogens is 725 g/mol. The number of carbonyl (C=O) groups is 3. The van der Waals surface area contributed by atoms with Crippen molar-refractivity contribution in [1.29, 1.82) is 0 Å². The third kappa shape index (κ3) is 8.92. The Kier molecular flexibility index (Phi) is 13.3. The summed E-state index contributed by atoms with van der Waals surface area (Å²) in [6.45, 7) is 5.58.